The molecule has 0 saturated heterocycles. The van der Waals surface area contributed by atoms with E-state index in [1.807, 2.05) is 0 Å². The maximum atomic E-state index is 5.44. The first kappa shape index (κ1) is 48.9. The topological polar surface area (TPSA) is 28.2 Å². The number of rotatable bonds is 4. The molecule has 0 amide bonds. The van der Waals surface area contributed by atoms with Gasteiger partial charge in [0.05, 0.1) is 0 Å². The molecule has 10 heteroatoms. The van der Waals surface area contributed by atoms with E-state index in [-0.39, 0.29) is 25.9 Å². The van der Waals surface area contributed by atoms with Crippen LogP contribution in [0, 0.1) is 50.4 Å². The van der Waals surface area contributed by atoms with E-state index in [2.05, 4.69) is 67.7 Å². The van der Waals surface area contributed by atoms with Crippen LogP contribution in [-0.4, -0.2) is 27.5 Å². The second-order valence-corrected chi connectivity index (χ2v) is 31.4. The third kappa shape index (κ3) is 15.5. The molecule has 0 N–H and O–H groups in total. The fraction of sp³-hybridized carbons (Fsp3) is 0.944. The minimum atomic E-state index is -1.50. The van der Waals surface area contributed by atoms with Crippen LogP contribution in [0.3, 0.4) is 0 Å². The van der Waals surface area contributed by atoms with Crippen molar-refractivity contribution in [2.45, 2.75) is 180 Å². The molecule has 274 valence electrons. The van der Waals surface area contributed by atoms with E-state index in [1.165, 1.54) is 77.0 Å². The summed E-state index contributed by atoms with van der Waals surface area (Å²) >= 11 is -1.11. The third-order valence-corrected chi connectivity index (χ3v) is 19.0. The quantitative estimate of drug-likeness (QED) is 0.200. The Morgan fingerprint density at radius 2 is 0.783 bits per heavy atom. The third-order valence-electron chi connectivity index (χ3n) is 11.5. The molecule has 5 aliphatic rings. The first-order valence-electron chi connectivity index (χ1n) is 17.8. The molecule has 6 unspecified atom stereocenters. The van der Waals surface area contributed by atoms with Crippen molar-refractivity contribution < 1.29 is 34.1 Å². The van der Waals surface area contributed by atoms with Gasteiger partial charge >= 0.3 is 71.3 Å². The van der Waals surface area contributed by atoms with Crippen molar-refractivity contribution in [3.63, 3.8) is 0 Å². The summed E-state index contributed by atoms with van der Waals surface area (Å²) in [6, 6.07) is 0. The van der Waals surface area contributed by atoms with Crippen LogP contribution in [0.25, 0.3) is 9.96 Å². The van der Waals surface area contributed by atoms with Crippen LogP contribution < -0.4 is 0 Å². The van der Waals surface area contributed by atoms with E-state index in [1.54, 1.807) is 12.8 Å². The Balaban J connectivity index is 0.000000735. The van der Waals surface area contributed by atoms with Gasteiger partial charge in [-0.2, -0.15) is 0 Å². The van der Waals surface area contributed by atoms with E-state index < -0.39 is 50.5 Å². The van der Waals surface area contributed by atoms with Gasteiger partial charge in [-0.05, 0) is 48.3 Å². The van der Waals surface area contributed by atoms with Crippen LogP contribution in [0.15, 0.2) is 0 Å². The number of halogens is 4. The maximum absolute atomic E-state index is 5.44. The molecule has 5 saturated carbocycles. The summed E-state index contributed by atoms with van der Waals surface area (Å²) in [6.07, 6.45) is 21.2. The number of hydrogen-bond acceptors (Lipinski definition) is 0. The molecule has 6 atom stereocenters. The van der Waals surface area contributed by atoms with Gasteiger partial charge in [-0.3, -0.25) is 0 Å². The summed E-state index contributed by atoms with van der Waals surface area (Å²) in [6.45, 7) is 23.9. The second-order valence-electron chi connectivity index (χ2n) is 17.7. The first-order chi connectivity index (χ1) is 20.4. The Kier molecular flexibility index (Phi) is 23.6. The summed E-state index contributed by atoms with van der Waals surface area (Å²) in [4.78, 5) is 10.7. The zero-order valence-electron chi connectivity index (χ0n) is 31.9. The van der Waals surface area contributed by atoms with Crippen molar-refractivity contribution in [1.29, 1.82) is 0 Å². The van der Waals surface area contributed by atoms with Crippen molar-refractivity contribution in [2.75, 3.05) is 0 Å². The average Bonchev–Trinajstić information content (AvgIpc) is 3.48. The Morgan fingerprint density at radius 1 is 0.500 bits per heavy atom. The van der Waals surface area contributed by atoms with Crippen LogP contribution in [0.1, 0.15) is 131 Å². The van der Waals surface area contributed by atoms with Crippen molar-refractivity contribution in [3.8, 4) is 0 Å². The molecular weight excluding hydrogens is 754 g/mol. The molecule has 5 aliphatic carbocycles. The first-order valence-corrected chi connectivity index (χ1v) is 32.5. The van der Waals surface area contributed by atoms with Gasteiger partial charge in [-0.15, -0.1) is 11.1 Å². The summed E-state index contributed by atoms with van der Waals surface area (Å²) < 4.78 is 0. The molecule has 0 bridgehead atoms. The van der Waals surface area contributed by atoms with Crippen LogP contribution in [0.5, 0.6) is 0 Å². The fourth-order valence-corrected chi connectivity index (χ4v) is 19.4. The standard InChI is InChI=1S/C19H36NSi.C15H30NSi.2CH3.4ClH.2Ti/c1-19(2,3)20-21(4,5)18-16-12-8-6-10-14(16)15-11-7-9-13-17(15)18;1-15(2,3)16-17(4,5)14-10-12-8-6-7-9-13(12)11-14;;;;;;;;/h14-18H,6-13H2,1-5H3;12-14H,6-11H2,1-5H3;2*1H3;4*1H;;/q4*-1;;;;;2*+2/p-4. The number of fused-ring (bicyclic) bond motifs is 4. The van der Waals surface area contributed by atoms with E-state index in [9.17, 15) is 0 Å². The van der Waals surface area contributed by atoms with Gasteiger partial charge in [-0.25, -0.2) is 0 Å². The molecule has 0 aromatic rings. The monoisotopic (exact) mass is 824 g/mol. The molecule has 0 aromatic carbocycles. The van der Waals surface area contributed by atoms with E-state index in [0.717, 1.165) is 46.6 Å². The van der Waals surface area contributed by atoms with Gasteiger partial charge in [0.2, 0.25) is 0 Å². The van der Waals surface area contributed by atoms with E-state index in [0.29, 0.717) is 0 Å². The normalized spacial score (nSPS) is 32.0. The van der Waals surface area contributed by atoms with Crippen molar-refractivity contribution >= 4 is 53.7 Å². The van der Waals surface area contributed by atoms with Gasteiger partial charge in [0.25, 0.3) is 0 Å². The number of hydrogen-bond donors (Lipinski definition) is 0. The van der Waals surface area contributed by atoms with Gasteiger partial charge in [0, 0.05) is 0 Å². The van der Waals surface area contributed by atoms with Crippen LogP contribution >= 0.6 is 37.2 Å². The molecule has 46 heavy (non-hydrogen) atoms. The molecular formula is C36H72Cl4N2Si2Ti2-4. The molecule has 5 fully saturated rings. The Morgan fingerprint density at radius 3 is 1.11 bits per heavy atom. The molecule has 0 heterocycles. The second kappa shape index (κ2) is 22.2. The van der Waals surface area contributed by atoms with Gasteiger partial charge < -0.3 is 24.8 Å². The Labute approximate surface area is 324 Å². The van der Waals surface area contributed by atoms with Crippen molar-refractivity contribution in [2.24, 2.45) is 35.5 Å². The summed E-state index contributed by atoms with van der Waals surface area (Å²) in [5, 5.41) is 0. The van der Waals surface area contributed by atoms with Crippen molar-refractivity contribution in [3.05, 3.63) is 24.8 Å². The van der Waals surface area contributed by atoms with Crippen molar-refractivity contribution in [1.82, 2.24) is 0 Å². The van der Waals surface area contributed by atoms with E-state index in [4.69, 9.17) is 47.2 Å². The van der Waals surface area contributed by atoms with E-state index >= 15 is 0 Å². The summed E-state index contributed by atoms with van der Waals surface area (Å²) in [7, 11) is 16.7. The molecule has 0 aromatic heterocycles. The Hall–Kier alpha value is 2.94. The predicted octanol–water partition coefficient (Wildman–Crippen LogP) is 15.3. The zero-order chi connectivity index (χ0) is 33.3. The van der Waals surface area contributed by atoms with Gasteiger partial charge in [0.1, 0.15) is 0 Å². The summed E-state index contributed by atoms with van der Waals surface area (Å²) in [5.74, 6) is 6.37. The van der Waals surface area contributed by atoms with Gasteiger partial charge in [-0.1, -0.05) is 172 Å². The molecule has 5 rings (SSSR count). The molecule has 0 aliphatic heterocycles. The van der Waals surface area contributed by atoms with Crippen LogP contribution in [-0.2, 0) is 34.1 Å². The average molecular weight is 827 g/mol. The van der Waals surface area contributed by atoms with Crippen LogP contribution in [0.4, 0.5) is 0 Å². The summed E-state index contributed by atoms with van der Waals surface area (Å²) in [5.41, 5.74) is 2.29. The fourth-order valence-electron chi connectivity index (χ4n) is 10.9. The van der Waals surface area contributed by atoms with Crippen LogP contribution in [0.2, 0.25) is 37.3 Å². The SMILES string of the molecule is CC(C)(C)[N-][Si](C)(C)C1C2CCCCC2C2CCCCC21.CC(C)(C)[N-][Si](C)(C)C1CC2CCCCC2C1.[CH3-].[CH3-].[Cl][Ti][Cl].[Cl][Ti][Cl]. The van der Waals surface area contributed by atoms with Gasteiger partial charge in [0.15, 0.2) is 0 Å². The molecule has 0 radical (unpaired) electrons. The zero-order valence-corrected chi connectivity index (χ0v) is 40.1. The predicted molar refractivity (Wildman–Crippen MR) is 211 cm³/mol. The minimum absolute atomic E-state index is 0. The molecule has 2 nitrogen and oxygen atoms in total. The number of nitrogens with zero attached hydrogens (tertiary/aromatic N) is 2. The molecule has 0 spiro atoms. The Bertz CT molecular complexity index is 787.